The number of anilines is 1. The van der Waals surface area contributed by atoms with Gasteiger partial charge in [0.15, 0.2) is 0 Å². The third kappa shape index (κ3) is 2.68. The summed E-state index contributed by atoms with van der Waals surface area (Å²) in [5.41, 5.74) is 6.57. The second-order valence-electron chi connectivity index (χ2n) is 4.06. The van der Waals surface area contributed by atoms with Crippen molar-refractivity contribution in [3.63, 3.8) is 0 Å². The molecule has 1 unspecified atom stereocenters. The lowest BCUT2D eigenvalue weighted by atomic mass is 10.2. The van der Waals surface area contributed by atoms with E-state index >= 15 is 0 Å². The molecule has 5 nitrogen and oxygen atoms in total. The second-order valence-corrected chi connectivity index (χ2v) is 4.06. The van der Waals surface area contributed by atoms with Crippen LogP contribution in [0.5, 0.6) is 0 Å². The molecule has 5 heteroatoms. The molecule has 1 aliphatic heterocycles. The Bertz CT molecular complexity index is 327. The van der Waals surface area contributed by atoms with Crippen LogP contribution < -0.4 is 10.6 Å². The minimum Gasteiger partial charge on any atom is -0.375 e. The first-order valence-electron chi connectivity index (χ1n) is 5.67. The highest BCUT2D eigenvalue weighted by molar-refractivity contribution is 5.30. The van der Waals surface area contributed by atoms with Crippen molar-refractivity contribution in [2.24, 2.45) is 5.73 Å². The van der Waals surface area contributed by atoms with Crippen molar-refractivity contribution in [1.82, 2.24) is 9.97 Å². The van der Waals surface area contributed by atoms with Gasteiger partial charge in [-0.25, -0.2) is 9.97 Å². The molecule has 0 amide bonds. The molecule has 1 aliphatic rings. The first-order valence-corrected chi connectivity index (χ1v) is 5.67. The summed E-state index contributed by atoms with van der Waals surface area (Å²) in [7, 11) is 0. The van der Waals surface area contributed by atoms with Gasteiger partial charge in [-0.2, -0.15) is 0 Å². The normalized spacial score (nSPS) is 21.1. The Morgan fingerprint density at radius 2 is 2.25 bits per heavy atom. The van der Waals surface area contributed by atoms with Crippen molar-refractivity contribution in [3.8, 4) is 0 Å². The molecule has 2 N–H and O–H groups in total. The zero-order valence-electron chi connectivity index (χ0n) is 9.59. The maximum absolute atomic E-state index is 5.48. The molecule has 0 aromatic carbocycles. The van der Waals surface area contributed by atoms with Crippen molar-refractivity contribution in [2.45, 2.75) is 19.4 Å². The summed E-state index contributed by atoms with van der Waals surface area (Å²) in [6.45, 7) is 5.16. The molecule has 0 radical (unpaired) electrons. The first-order chi connectivity index (χ1) is 7.79. The first kappa shape index (κ1) is 11.3. The van der Waals surface area contributed by atoms with Crippen LogP contribution in [-0.4, -0.2) is 42.3 Å². The summed E-state index contributed by atoms with van der Waals surface area (Å²) in [5.74, 6) is 0.788. The largest absolute Gasteiger partial charge is 0.375 e. The molecule has 1 aromatic heterocycles. The third-order valence-corrected chi connectivity index (χ3v) is 2.65. The van der Waals surface area contributed by atoms with Crippen LogP contribution in [-0.2, 0) is 11.2 Å². The molecule has 0 bridgehead atoms. The summed E-state index contributed by atoms with van der Waals surface area (Å²) < 4.78 is 5.48. The Labute approximate surface area is 95.6 Å². The number of morpholine rings is 1. The van der Waals surface area contributed by atoms with E-state index in [9.17, 15) is 0 Å². The van der Waals surface area contributed by atoms with Gasteiger partial charge in [0.05, 0.1) is 12.7 Å². The van der Waals surface area contributed by atoms with E-state index < -0.39 is 0 Å². The number of hydrogen-bond donors (Lipinski definition) is 1. The zero-order chi connectivity index (χ0) is 11.4. The van der Waals surface area contributed by atoms with Gasteiger partial charge in [-0.1, -0.05) is 0 Å². The van der Waals surface area contributed by atoms with Gasteiger partial charge in [0.2, 0.25) is 5.95 Å². The highest BCUT2D eigenvalue weighted by Gasteiger charge is 2.18. The smallest absolute Gasteiger partial charge is 0.225 e. The van der Waals surface area contributed by atoms with Crippen LogP contribution >= 0.6 is 0 Å². The van der Waals surface area contributed by atoms with E-state index in [0.29, 0.717) is 6.54 Å². The maximum Gasteiger partial charge on any atom is 0.225 e. The third-order valence-electron chi connectivity index (χ3n) is 2.65. The summed E-state index contributed by atoms with van der Waals surface area (Å²) in [6.07, 6.45) is 4.80. The molecular weight excluding hydrogens is 204 g/mol. The molecule has 1 atom stereocenters. The van der Waals surface area contributed by atoms with E-state index in [2.05, 4.69) is 21.8 Å². The molecule has 2 rings (SSSR count). The fourth-order valence-electron chi connectivity index (χ4n) is 1.81. The van der Waals surface area contributed by atoms with Crippen LogP contribution in [0.1, 0.15) is 12.5 Å². The number of hydrogen-bond acceptors (Lipinski definition) is 5. The zero-order valence-corrected chi connectivity index (χ0v) is 9.59. The lowest BCUT2D eigenvalue weighted by molar-refractivity contribution is 0.0526. The van der Waals surface area contributed by atoms with Crippen LogP contribution in [0.25, 0.3) is 0 Å². The van der Waals surface area contributed by atoms with Gasteiger partial charge in [0, 0.05) is 25.5 Å². The van der Waals surface area contributed by atoms with Gasteiger partial charge >= 0.3 is 0 Å². The fourth-order valence-corrected chi connectivity index (χ4v) is 1.81. The predicted octanol–water partition coefficient (Wildman–Crippen LogP) is 0.203. The summed E-state index contributed by atoms with van der Waals surface area (Å²) in [4.78, 5) is 10.9. The topological polar surface area (TPSA) is 64.3 Å². The number of ether oxygens (including phenoxy) is 1. The predicted molar refractivity (Wildman–Crippen MR) is 62.4 cm³/mol. The van der Waals surface area contributed by atoms with E-state index in [4.69, 9.17) is 10.5 Å². The Hall–Kier alpha value is -1.20. The van der Waals surface area contributed by atoms with Gasteiger partial charge in [-0.3, -0.25) is 0 Å². The van der Waals surface area contributed by atoms with E-state index in [-0.39, 0.29) is 6.10 Å². The molecule has 1 saturated heterocycles. The van der Waals surface area contributed by atoms with Gasteiger partial charge in [-0.05, 0) is 25.5 Å². The summed E-state index contributed by atoms with van der Waals surface area (Å²) >= 11 is 0. The Kier molecular flexibility index (Phi) is 3.69. The monoisotopic (exact) mass is 222 g/mol. The molecule has 1 fully saturated rings. The second kappa shape index (κ2) is 5.23. The molecule has 2 heterocycles. The van der Waals surface area contributed by atoms with Crippen molar-refractivity contribution < 1.29 is 4.74 Å². The molecule has 88 valence electrons. The highest BCUT2D eigenvalue weighted by Crippen LogP contribution is 2.12. The van der Waals surface area contributed by atoms with E-state index in [0.717, 1.165) is 37.6 Å². The van der Waals surface area contributed by atoms with Crippen molar-refractivity contribution in [3.05, 3.63) is 18.0 Å². The average Bonchev–Trinajstić information content (AvgIpc) is 2.30. The van der Waals surface area contributed by atoms with E-state index in [1.165, 1.54) is 0 Å². The van der Waals surface area contributed by atoms with Crippen molar-refractivity contribution in [1.29, 1.82) is 0 Å². The van der Waals surface area contributed by atoms with Gasteiger partial charge in [0.25, 0.3) is 0 Å². The number of nitrogens with two attached hydrogens (primary N) is 1. The van der Waals surface area contributed by atoms with Crippen LogP contribution in [0.3, 0.4) is 0 Å². The number of nitrogens with zero attached hydrogens (tertiary/aromatic N) is 3. The number of rotatable bonds is 3. The van der Waals surface area contributed by atoms with Crippen LogP contribution in [0.15, 0.2) is 12.4 Å². The average molecular weight is 222 g/mol. The van der Waals surface area contributed by atoms with E-state index in [1.54, 1.807) is 0 Å². The molecule has 0 aliphatic carbocycles. The van der Waals surface area contributed by atoms with Crippen LogP contribution in [0.2, 0.25) is 0 Å². The van der Waals surface area contributed by atoms with Crippen molar-refractivity contribution >= 4 is 5.95 Å². The van der Waals surface area contributed by atoms with Gasteiger partial charge in [-0.15, -0.1) is 0 Å². The summed E-state index contributed by atoms with van der Waals surface area (Å²) in [5, 5.41) is 0. The van der Waals surface area contributed by atoms with Crippen molar-refractivity contribution in [2.75, 3.05) is 31.1 Å². The molecular formula is C11H18N4O. The minimum atomic E-state index is 0.251. The quantitative estimate of drug-likeness (QED) is 0.791. The Balaban J connectivity index is 2.03. The molecule has 1 aromatic rings. The standard InChI is InChI=1S/C11H18N4O/c1-9-8-15(4-5-16-9)11-13-6-10(2-3-12)7-14-11/h6-7,9H,2-5,8,12H2,1H3. The molecule has 0 spiro atoms. The lowest BCUT2D eigenvalue weighted by Gasteiger charge is -2.31. The van der Waals surface area contributed by atoms with Crippen LogP contribution in [0, 0.1) is 0 Å². The van der Waals surface area contributed by atoms with E-state index in [1.807, 2.05) is 12.4 Å². The SMILES string of the molecule is CC1CN(c2ncc(CCN)cn2)CCO1. The minimum absolute atomic E-state index is 0.251. The van der Waals surface area contributed by atoms with Gasteiger partial charge < -0.3 is 15.4 Å². The Morgan fingerprint density at radius 1 is 1.50 bits per heavy atom. The molecule has 16 heavy (non-hydrogen) atoms. The number of aromatic nitrogens is 2. The van der Waals surface area contributed by atoms with Crippen LogP contribution in [0.4, 0.5) is 5.95 Å². The lowest BCUT2D eigenvalue weighted by Crippen LogP contribution is -2.42. The highest BCUT2D eigenvalue weighted by atomic mass is 16.5. The summed E-state index contributed by atoms with van der Waals surface area (Å²) in [6, 6.07) is 0. The van der Waals surface area contributed by atoms with Gasteiger partial charge in [0.1, 0.15) is 0 Å². The fraction of sp³-hybridized carbons (Fsp3) is 0.636. The molecule has 0 saturated carbocycles. The Morgan fingerprint density at radius 3 is 2.88 bits per heavy atom. The maximum atomic E-state index is 5.48.